The molecule has 1 aromatic heterocycles. The Morgan fingerprint density at radius 1 is 1.50 bits per heavy atom. The standard InChI is InChI=1S/C14H16BrN3OS/c1-2-12(14-16-6-7-20-14)17-9-13(19)18-11-5-3-4-10(15)8-11/h3-8,12,17H,2,9H2,1H3,(H,18,19). The van der Waals surface area contributed by atoms with Crippen LogP contribution in [0.3, 0.4) is 0 Å². The van der Waals surface area contributed by atoms with E-state index in [1.165, 1.54) is 0 Å². The Hall–Kier alpha value is -1.24. The lowest BCUT2D eigenvalue weighted by molar-refractivity contribution is -0.115. The van der Waals surface area contributed by atoms with Crippen molar-refractivity contribution < 1.29 is 4.79 Å². The second-order valence-corrected chi connectivity index (χ2v) is 6.11. The van der Waals surface area contributed by atoms with E-state index < -0.39 is 0 Å². The molecule has 1 unspecified atom stereocenters. The third-order valence-electron chi connectivity index (χ3n) is 2.78. The Balaban J connectivity index is 1.85. The van der Waals surface area contributed by atoms with Gasteiger partial charge in [-0.25, -0.2) is 4.98 Å². The highest BCUT2D eigenvalue weighted by Crippen LogP contribution is 2.18. The highest BCUT2D eigenvalue weighted by molar-refractivity contribution is 9.10. The minimum absolute atomic E-state index is 0.0573. The largest absolute Gasteiger partial charge is 0.325 e. The van der Waals surface area contributed by atoms with Gasteiger partial charge in [-0.2, -0.15) is 0 Å². The number of anilines is 1. The summed E-state index contributed by atoms with van der Waals surface area (Å²) in [7, 11) is 0. The maximum absolute atomic E-state index is 11.9. The lowest BCUT2D eigenvalue weighted by Gasteiger charge is -2.14. The van der Waals surface area contributed by atoms with Crippen molar-refractivity contribution in [1.82, 2.24) is 10.3 Å². The maximum Gasteiger partial charge on any atom is 0.238 e. The predicted molar refractivity (Wildman–Crippen MR) is 85.9 cm³/mol. The maximum atomic E-state index is 11.9. The van der Waals surface area contributed by atoms with Crippen LogP contribution < -0.4 is 10.6 Å². The zero-order valence-electron chi connectivity index (χ0n) is 11.1. The van der Waals surface area contributed by atoms with Gasteiger partial charge in [-0.15, -0.1) is 11.3 Å². The van der Waals surface area contributed by atoms with E-state index in [-0.39, 0.29) is 18.5 Å². The van der Waals surface area contributed by atoms with Crippen LogP contribution in [0.4, 0.5) is 5.69 Å². The van der Waals surface area contributed by atoms with E-state index in [1.54, 1.807) is 17.5 Å². The van der Waals surface area contributed by atoms with Crippen LogP contribution in [0.5, 0.6) is 0 Å². The van der Waals surface area contributed by atoms with Gasteiger partial charge >= 0.3 is 0 Å². The van der Waals surface area contributed by atoms with Gasteiger partial charge in [0.2, 0.25) is 5.91 Å². The predicted octanol–water partition coefficient (Wildman–Crippen LogP) is 3.59. The molecule has 0 saturated heterocycles. The molecule has 0 aliphatic carbocycles. The molecule has 2 aromatic rings. The molecule has 2 N–H and O–H groups in total. The smallest absolute Gasteiger partial charge is 0.238 e. The number of nitrogens with one attached hydrogen (secondary N) is 2. The monoisotopic (exact) mass is 353 g/mol. The fourth-order valence-corrected chi connectivity index (χ4v) is 3.00. The summed E-state index contributed by atoms with van der Waals surface area (Å²) in [4.78, 5) is 16.2. The lowest BCUT2D eigenvalue weighted by atomic mass is 10.2. The van der Waals surface area contributed by atoms with Crippen molar-refractivity contribution >= 4 is 38.9 Å². The fraction of sp³-hybridized carbons (Fsp3) is 0.286. The summed E-state index contributed by atoms with van der Waals surface area (Å²) in [6.07, 6.45) is 2.68. The normalized spacial score (nSPS) is 12.1. The molecule has 0 aliphatic heterocycles. The Bertz CT molecular complexity index is 559. The van der Waals surface area contributed by atoms with Gasteiger partial charge in [0.25, 0.3) is 0 Å². The Kier molecular flexibility index (Phi) is 5.70. The number of rotatable bonds is 6. The molecule has 1 amide bonds. The molecule has 0 spiro atoms. The third-order valence-corrected chi connectivity index (χ3v) is 4.16. The van der Waals surface area contributed by atoms with Crippen molar-refractivity contribution in [2.45, 2.75) is 19.4 Å². The Labute approximate surface area is 130 Å². The van der Waals surface area contributed by atoms with E-state index >= 15 is 0 Å². The quantitative estimate of drug-likeness (QED) is 0.834. The zero-order chi connectivity index (χ0) is 14.4. The van der Waals surface area contributed by atoms with Crippen molar-refractivity contribution in [2.75, 3.05) is 11.9 Å². The van der Waals surface area contributed by atoms with Gasteiger partial charge in [-0.1, -0.05) is 28.9 Å². The van der Waals surface area contributed by atoms with Crippen molar-refractivity contribution in [1.29, 1.82) is 0 Å². The first-order chi connectivity index (χ1) is 9.69. The number of nitrogens with zero attached hydrogens (tertiary/aromatic N) is 1. The molecule has 0 bridgehead atoms. The average Bonchev–Trinajstić information content (AvgIpc) is 2.93. The number of halogens is 1. The molecule has 1 heterocycles. The molecule has 0 aliphatic rings. The van der Waals surface area contributed by atoms with Crippen LogP contribution in [-0.2, 0) is 4.79 Å². The zero-order valence-corrected chi connectivity index (χ0v) is 13.5. The number of amides is 1. The van der Waals surface area contributed by atoms with Gasteiger partial charge < -0.3 is 5.32 Å². The lowest BCUT2D eigenvalue weighted by Crippen LogP contribution is -2.31. The van der Waals surface area contributed by atoms with Crippen molar-refractivity contribution in [3.05, 3.63) is 45.3 Å². The number of aromatic nitrogens is 1. The molecule has 1 atom stereocenters. The second-order valence-electron chi connectivity index (χ2n) is 4.27. The number of thiazole rings is 1. The van der Waals surface area contributed by atoms with Crippen LogP contribution in [0.25, 0.3) is 0 Å². The summed E-state index contributed by atoms with van der Waals surface area (Å²) in [5.41, 5.74) is 0.786. The summed E-state index contributed by atoms with van der Waals surface area (Å²) in [5, 5.41) is 9.05. The summed E-state index contributed by atoms with van der Waals surface area (Å²) < 4.78 is 0.942. The molecular formula is C14H16BrN3OS. The third kappa shape index (κ3) is 4.40. The SMILES string of the molecule is CCC(NCC(=O)Nc1cccc(Br)c1)c1nccs1. The average molecular weight is 354 g/mol. The molecule has 4 nitrogen and oxygen atoms in total. The Morgan fingerprint density at radius 2 is 2.35 bits per heavy atom. The van der Waals surface area contributed by atoms with Gasteiger partial charge in [-0.05, 0) is 24.6 Å². The molecule has 2 rings (SSSR count). The van der Waals surface area contributed by atoms with E-state index in [4.69, 9.17) is 0 Å². The first-order valence-electron chi connectivity index (χ1n) is 6.37. The second kappa shape index (κ2) is 7.52. The number of carbonyl (C=O) groups is 1. The van der Waals surface area contributed by atoms with Crippen LogP contribution in [0.1, 0.15) is 24.4 Å². The molecule has 106 valence electrons. The fourth-order valence-electron chi connectivity index (χ4n) is 1.80. The summed E-state index contributed by atoms with van der Waals surface area (Å²) in [6.45, 7) is 2.34. The van der Waals surface area contributed by atoms with Gasteiger partial charge in [0.15, 0.2) is 0 Å². The molecular weight excluding hydrogens is 338 g/mol. The van der Waals surface area contributed by atoms with E-state index in [2.05, 4.69) is 38.5 Å². The van der Waals surface area contributed by atoms with E-state index in [0.29, 0.717) is 0 Å². The minimum atomic E-state index is -0.0573. The first kappa shape index (κ1) is 15.2. The van der Waals surface area contributed by atoms with Gasteiger partial charge in [0, 0.05) is 21.7 Å². The number of hydrogen-bond donors (Lipinski definition) is 2. The van der Waals surface area contributed by atoms with Gasteiger partial charge in [0.05, 0.1) is 12.6 Å². The highest BCUT2D eigenvalue weighted by Gasteiger charge is 2.13. The summed E-state index contributed by atoms with van der Waals surface area (Å²) in [6, 6.07) is 7.67. The van der Waals surface area contributed by atoms with E-state index in [1.807, 2.05) is 29.6 Å². The van der Waals surface area contributed by atoms with Crippen LogP contribution in [0.15, 0.2) is 40.3 Å². The molecule has 0 saturated carbocycles. The number of hydrogen-bond acceptors (Lipinski definition) is 4. The molecule has 1 aromatic carbocycles. The van der Waals surface area contributed by atoms with Crippen LogP contribution in [-0.4, -0.2) is 17.4 Å². The highest BCUT2D eigenvalue weighted by atomic mass is 79.9. The molecule has 0 fully saturated rings. The van der Waals surface area contributed by atoms with Crippen LogP contribution in [0, 0.1) is 0 Å². The molecule has 0 radical (unpaired) electrons. The summed E-state index contributed by atoms with van der Waals surface area (Å²) >= 11 is 4.98. The summed E-state index contributed by atoms with van der Waals surface area (Å²) in [5.74, 6) is -0.0573. The van der Waals surface area contributed by atoms with E-state index in [0.717, 1.165) is 21.6 Å². The Morgan fingerprint density at radius 3 is 3.00 bits per heavy atom. The van der Waals surface area contributed by atoms with Crippen molar-refractivity contribution in [2.24, 2.45) is 0 Å². The first-order valence-corrected chi connectivity index (χ1v) is 8.04. The number of carbonyl (C=O) groups excluding carboxylic acids is 1. The van der Waals surface area contributed by atoms with Crippen molar-refractivity contribution in [3.8, 4) is 0 Å². The topological polar surface area (TPSA) is 54.0 Å². The minimum Gasteiger partial charge on any atom is -0.325 e. The van der Waals surface area contributed by atoms with Crippen molar-refractivity contribution in [3.63, 3.8) is 0 Å². The van der Waals surface area contributed by atoms with E-state index in [9.17, 15) is 4.79 Å². The molecule has 20 heavy (non-hydrogen) atoms. The molecule has 6 heteroatoms. The van der Waals surface area contributed by atoms with Gasteiger partial charge in [-0.3, -0.25) is 10.1 Å². The number of benzene rings is 1. The van der Waals surface area contributed by atoms with Gasteiger partial charge in [0.1, 0.15) is 5.01 Å². The van der Waals surface area contributed by atoms with Crippen LogP contribution >= 0.6 is 27.3 Å². The van der Waals surface area contributed by atoms with Crippen LogP contribution in [0.2, 0.25) is 0 Å².